The Hall–Kier alpha value is -0.0306. The fourth-order valence-corrected chi connectivity index (χ4v) is 2.68. The number of hydrogen-bond donors (Lipinski definition) is 0. The first-order valence-electron chi connectivity index (χ1n) is 7.67. The van der Waals surface area contributed by atoms with Crippen LogP contribution in [0.3, 0.4) is 0 Å². The second kappa shape index (κ2) is 11.5. The molecule has 3 nitrogen and oxygen atoms in total. The summed E-state index contributed by atoms with van der Waals surface area (Å²) < 4.78 is 8.18. The van der Waals surface area contributed by atoms with Crippen molar-refractivity contribution in [3.8, 4) is 0 Å². The van der Waals surface area contributed by atoms with Crippen molar-refractivity contribution in [3.05, 3.63) is 34.9 Å². The van der Waals surface area contributed by atoms with E-state index in [0.29, 0.717) is 6.54 Å². The first-order valence-corrected chi connectivity index (χ1v) is 9.82. The Bertz CT molecular complexity index is 450. The molecule has 0 spiro atoms. The van der Waals surface area contributed by atoms with Crippen LogP contribution in [0.1, 0.15) is 41.0 Å². The average molecular weight is 438 g/mol. The molecule has 23 heavy (non-hydrogen) atoms. The molecule has 0 atom stereocenters. The van der Waals surface area contributed by atoms with Crippen LogP contribution in [0.2, 0.25) is 0 Å². The minimum atomic E-state index is -0.205. The fourth-order valence-electron chi connectivity index (χ4n) is 1.71. The molecule has 0 aliphatic carbocycles. The van der Waals surface area contributed by atoms with Crippen molar-refractivity contribution < 1.29 is 22.4 Å². The van der Waals surface area contributed by atoms with Gasteiger partial charge in [-0.25, -0.2) is 0 Å². The number of hydrogen-bond acceptors (Lipinski definition) is 3. The standard InChI is InChI=1S/C17H28N2S2.O.Tc/c1-6-11-21-17(4,5)13-19-15-10-8-7-9-14(15)18-12-16(2,3)20;;/h7-10,20H,6,11-13H2,1-5H3;;/q-2;;+3/p-1. The van der Waals surface area contributed by atoms with Gasteiger partial charge in [0.2, 0.25) is 0 Å². The van der Waals surface area contributed by atoms with E-state index < -0.39 is 0 Å². The molecule has 0 saturated carbocycles. The van der Waals surface area contributed by atoms with E-state index in [4.69, 9.17) is 21.4 Å². The van der Waals surface area contributed by atoms with Gasteiger partial charge in [0.15, 0.2) is 0 Å². The van der Waals surface area contributed by atoms with E-state index in [0.717, 1.165) is 36.8 Å². The third-order valence-electron chi connectivity index (χ3n) is 2.84. The van der Waals surface area contributed by atoms with Crippen LogP contribution in [-0.2, 0) is 35.0 Å². The van der Waals surface area contributed by atoms with Crippen LogP contribution in [0, 0.1) is 0 Å². The molecular weight excluding hydrogens is 410 g/mol. The Kier molecular flexibility index (Phi) is 11.5. The van der Waals surface area contributed by atoms with Gasteiger partial charge in [0.05, 0.1) is 0 Å². The van der Waals surface area contributed by atoms with Gasteiger partial charge in [-0.15, -0.1) is 13.1 Å². The van der Waals surface area contributed by atoms with Crippen LogP contribution >= 0.6 is 11.8 Å². The van der Waals surface area contributed by atoms with Gasteiger partial charge in [-0.2, -0.15) is 27.9 Å². The summed E-state index contributed by atoms with van der Waals surface area (Å²) in [7, 11) is 0. The summed E-state index contributed by atoms with van der Waals surface area (Å²) in [5.41, 5.74) is 1.92. The maximum atomic E-state index is 8.22. The van der Waals surface area contributed by atoms with Gasteiger partial charge in [0.25, 0.3) is 0 Å². The van der Waals surface area contributed by atoms with Crippen molar-refractivity contribution in [1.82, 2.24) is 0 Å². The van der Waals surface area contributed by atoms with E-state index in [1.807, 2.05) is 49.9 Å². The van der Waals surface area contributed by atoms with Crippen molar-refractivity contribution >= 4 is 35.8 Å². The number of benzene rings is 1. The predicted molar refractivity (Wildman–Crippen MR) is 101 cm³/mol. The minimum absolute atomic E-state index is 0.167. The van der Waals surface area contributed by atoms with E-state index in [1.165, 1.54) is 12.2 Å². The van der Waals surface area contributed by atoms with Crippen molar-refractivity contribution in [1.29, 1.82) is 0 Å². The van der Waals surface area contributed by atoms with E-state index in [1.54, 1.807) is 0 Å². The van der Waals surface area contributed by atoms with Crippen LogP contribution in [0.4, 0.5) is 11.4 Å². The van der Waals surface area contributed by atoms with Crippen LogP contribution < -0.4 is 0 Å². The Labute approximate surface area is 162 Å². The zero-order valence-corrected chi connectivity index (χ0v) is 18.1. The molecule has 0 radical (unpaired) electrons. The predicted octanol–water partition coefficient (Wildman–Crippen LogP) is 5.82. The normalized spacial score (nSPS) is 11.3. The van der Waals surface area contributed by atoms with Gasteiger partial charge < -0.3 is 23.3 Å². The van der Waals surface area contributed by atoms with Crippen LogP contribution in [0.15, 0.2) is 24.3 Å². The molecule has 0 unspecified atom stereocenters. The SMILES string of the molecule is CCCSC(C)(C)C[N-]c1ccccc1[N-]CC(C)(C)[S-].[O]=[Tc+3]. The Balaban J connectivity index is 0.00000232. The van der Waals surface area contributed by atoms with Gasteiger partial charge in [0.1, 0.15) is 0 Å². The number of para-hydroxylation sites is 2. The molecule has 0 aliphatic heterocycles. The molecule has 0 amide bonds. The Morgan fingerprint density at radius 3 is 1.96 bits per heavy atom. The summed E-state index contributed by atoms with van der Waals surface area (Å²) in [4.78, 5) is 0. The van der Waals surface area contributed by atoms with Crippen molar-refractivity contribution in [2.45, 2.75) is 50.5 Å². The van der Waals surface area contributed by atoms with Gasteiger partial charge in [-0.3, -0.25) is 0 Å². The van der Waals surface area contributed by atoms with Gasteiger partial charge in [-0.1, -0.05) is 58.9 Å². The molecule has 0 heterocycles. The number of rotatable bonds is 9. The maximum absolute atomic E-state index is 8.22. The zero-order valence-electron chi connectivity index (χ0n) is 14.6. The molecular formula is C17H27N2OS2Tc. The quantitative estimate of drug-likeness (QED) is 0.457. The monoisotopic (exact) mass is 436 g/mol. The van der Waals surface area contributed by atoms with E-state index in [-0.39, 0.29) is 9.49 Å². The summed E-state index contributed by atoms with van der Waals surface area (Å²) >= 11 is 8.25. The molecule has 1 aromatic rings. The summed E-state index contributed by atoms with van der Waals surface area (Å²) in [5, 5.41) is 9.42. The molecule has 0 fully saturated rings. The molecule has 6 heteroatoms. The Morgan fingerprint density at radius 1 is 1.04 bits per heavy atom. The van der Waals surface area contributed by atoms with Gasteiger partial charge in [0, 0.05) is 0 Å². The van der Waals surface area contributed by atoms with Crippen molar-refractivity contribution in [3.63, 3.8) is 0 Å². The van der Waals surface area contributed by atoms with Crippen molar-refractivity contribution in [2.75, 3.05) is 18.8 Å². The second-order valence-corrected chi connectivity index (χ2v) is 9.40. The first kappa shape index (κ1) is 23.0. The Morgan fingerprint density at radius 2 is 1.52 bits per heavy atom. The third kappa shape index (κ3) is 11.2. The summed E-state index contributed by atoms with van der Waals surface area (Å²) in [6.07, 6.45) is 1.20. The third-order valence-corrected chi connectivity index (χ3v) is 4.49. The summed E-state index contributed by atoms with van der Waals surface area (Å²) in [5.74, 6) is 1.18. The van der Waals surface area contributed by atoms with Crippen LogP contribution in [-0.4, -0.2) is 28.3 Å². The second-order valence-electron chi connectivity index (χ2n) is 6.49. The first-order chi connectivity index (χ1) is 10.7. The van der Waals surface area contributed by atoms with E-state index >= 15 is 0 Å². The van der Waals surface area contributed by atoms with Crippen LogP contribution in [0.25, 0.3) is 10.6 Å². The summed E-state index contributed by atoms with van der Waals surface area (Å²) in [6.45, 7) is 12.2. The fraction of sp³-hybridized carbons (Fsp3) is 0.647. The topological polar surface area (TPSA) is 45.3 Å². The number of thioether (sulfide) groups is 1. The van der Waals surface area contributed by atoms with E-state index in [2.05, 4.69) is 26.1 Å². The molecule has 0 aliphatic rings. The summed E-state index contributed by atoms with van der Waals surface area (Å²) in [6, 6.07) is 8.08. The number of nitrogens with zero attached hydrogens (tertiary/aromatic N) is 2. The van der Waals surface area contributed by atoms with Gasteiger partial charge in [-0.05, 0) is 16.9 Å². The van der Waals surface area contributed by atoms with E-state index in [9.17, 15) is 0 Å². The molecule has 1 aromatic carbocycles. The molecule has 0 bridgehead atoms. The van der Waals surface area contributed by atoms with Crippen LogP contribution in [0.5, 0.6) is 0 Å². The average Bonchev–Trinajstić information content (AvgIpc) is 2.51. The molecule has 1 rings (SSSR count). The molecule has 130 valence electrons. The molecule has 0 saturated heterocycles. The zero-order chi connectivity index (χ0) is 17.9. The molecule has 0 aromatic heterocycles. The van der Waals surface area contributed by atoms with Crippen molar-refractivity contribution in [2.24, 2.45) is 0 Å². The van der Waals surface area contributed by atoms with Gasteiger partial charge >= 0.3 is 22.4 Å². The molecule has 0 N–H and O–H groups in total.